The van der Waals surface area contributed by atoms with Crippen molar-refractivity contribution in [2.45, 2.75) is 12.8 Å². The molecule has 3 aromatic rings. The molecular formula is C21H21N5O2. The van der Waals surface area contributed by atoms with Gasteiger partial charge >= 0.3 is 6.03 Å². The van der Waals surface area contributed by atoms with Crippen molar-refractivity contribution >= 4 is 40.4 Å². The van der Waals surface area contributed by atoms with Gasteiger partial charge in [0, 0.05) is 35.8 Å². The Kier molecular flexibility index (Phi) is 4.80. The van der Waals surface area contributed by atoms with Crippen LogP contribution in [0.15, 0.2) is 48.7 Å². The van der Waals surface area contributed by atoms with E-state index in [2.05, 4.69) is 15.3 Å². The number of amides is 3. The fourth-order valence-corrected chi connectivity index (χ4v) is 3.39. The van der Waals surface area contributed by atoms with E-state index < -0.39 is 5.91 Å². The summed E-state index contributed by atoms with van der Waals surface area (Å²) < 4.78 is 0. The van der Waals surface area contributed by atoms with Gasteiger partial charge in [-0.2, -0.15) is 0 Å². The van der Waals surface area contributed by atoms with E-state index >= 15 is 0 Å². The first-order valence-corrected chi connectivity index (χ1v) is 9.23. The third-order valence-electron chi connectivity index (χ3n) is 4.85. The number of nitrogens with one attached hydrogen (secondary N) is 2. The van der Waals surface area contributed by atoms with Gasteiger partial charge in [0.05, 0.1) is 0 Å². The number of fused-ring (bicyclic) bond motifs is 1. The Morgan fingerprint density at radius 1 is 1.11 bits per heavy atom. The molecule has 4 rings (SSSR count). The van der Waals surface area contributed by atoms with Crippen LogP contribution in [-0.2, 0) is 4.79 Å². The number of aromatic amines is 1. The highest BCUT2D eigenvalue weighted by atomic mass is 16.2. The van der Waals surface area contributed by atoms with E-state index in [0.29, 0.717) is 17.0 Å². The number of rotatable bonds is 4. The molecule has 28 heavy (non-hydrogen) atoms. The van der Waals surface area contributed by atoms with Crippen molar-refractivity contribution in [1.29, 1.82) is 0 Å². The smallest absolute Gasteiger partial charge is 0.323 e. The molecule has 2 aromatic heterocycles. The van der Waals surface area contributed by atoms with Crippen LogP contribution in [0.5, 0.6) is 0 Å². The van der Waals surface area contributed by atoms with E-state index in [1.807, 2.05) is 36.4 Å². The van der Waals surface area contributed by atoms with Crippen LogP contribution in [0, 0.1) is 0 Å². The van der Waals surface area contributed by atoms with Crippen LogP contribution in [0.3, 0.4) is 0 Å². The maximum Gasteiger partial charge on any atom is 0.323 e. The summed E-state index contributed by atoms with van der Waals surface area (Å²) in [5.41, 5.74) is 8.19. The van der Waals surface area contributed by atoms with E-state index in [1.165, 1.54) is 0 Å². The second kappa shape index (κ2) is 7.56. The molecule has 7 nitrogen and oxygen atoms in total. The largest absolute Gasteiger partial charge is 0.366 e. The summed E-state index contributed by atoms with van der Waals surface area (Å²) in [5, 5.41) is 3.68. The first-order valence-electron chi connectivity index (χ1n) is 9.23. The lowest BCUT2D eigenvalue weighted by Gasteiger charge is -2.15. The quantitative estimate of drug-likeness (QED) is 0.610. The second-order valence-corrected chi connectivity index (χ2v) is 6.75. The monoisotopic (exact) mass is 375 g/mol. The van der Waals surface area contributed by atoms with Gasteiger partial charge in [-0.15, -0.1) is 0 Å². The SMILES string of the molecule is NC(=O)C(=Cc1c[nH]c2nc(NC(=O)N3CCCC3)ccc12)c1ccccc1. The minimum Gasteiger partial charge on any atom is -0.366 e. The van der Waals surface area contributed by atoms with E-state index in [1.54, 1.807) is 23.2 Å². The molecule has 3 heterocycles. The molecule has 3 amide bonds. The Morgan fingerprint density at radius 2 is 1.86 bits per heavy atom. The summed E-state index contributed by atoms with van der Waals surface area (Å²) in [6.07, 6.45) is 5.60. The van der Waals surface area contributed by atoms with Crippen molar-refractivity contribution in [3.63, 3.8) is 0 Å². The van der Waals surface area contributed by atoms with Crippen molar-refractivity contribution in [2.75, 3.05) is 18.4 Å². The number of urea groups is 1. The third kappa shape index (κ3) is 3.59. The van der Waals surface area contributed by atoms with Crippen LogP contribution in [0.4, 0.5) is 10.6 Å². The average Bonchev–Trinajstić information content (AvgIpc) is 3.36. The number of hydrogen-bond acceptors (Lipinski definition) is 3. The maximum atomic E-state index is 12.2. The number of aromatic nitrogens is 2. The van der Waals surface area contributed by atoms with Crippen LogP contribution >= 0.6 is 0 Å². The number of hydrogen-bond donors (Lipinski definition) is 3. The van der Waals surface area contributed by atoms with Crippen LogP contribution in [0.1, 0.15) is 24.0 Å². The van der Waals surface area contributed by atoms with Crippen LogP contribution in [-0.4, -0.2) is 39.9 Å². The Balaban J connectivity index is 1.62. The van der Waals surface area contributed by atoms with Gasteiger partial charge in [-0.25, -0.2) is 9.78 Å². The summed E-state index contributed by atoms with van der Waals surface area (Å²) in [7, 11) is 0. The number of carbonyl (C=O) groups is 2. The number of nitrogens with zero attached hydrogens (tertiary/aromatic N) is 2. The van der Waals surface area contributed by atoms with Crippen molar-refractivity contribution < 1.29 is 9.59 Å². The number of pyridine rings is 1. The lowest BCUT2D eigenvalue weighted by molar-refractivity contribution is -0.112. The van der Waals surface area contributed by atoms with Crippen molar-refractivity contribution in [3.05, 3.63) is 59.8 Å². The highest BCUT2D eigenvalue weighted by molar-refractivity contribution is 6.24. The van der Waals surface area contributed by atoms with E-state index in [9.17, 15) is 9.59 Å². The van der Waals surface area contributed by atoms with Gasteiger partial charge in [0.25, 0.3) is 0 Å². The van der Waals surface area contributed by atoms with Crippen molar-refractivity contribution in [2.24, 2.45) is 5.73 Å². The zero-order chi connectivity index (χ0) is 19.5. The standard InChI is InChI=1S/C21H21N5O2/c22-19(27)17(14-6-2-1-3-7-14)12-15-13-23-20-16(15)8-9-18(24-20)25-21(28)26-10-4-5-11-26/h1-3,6-9,12-13H,4-5,10-11H2,(H2,22,27)(H2,23,24,25,28). The lowest BCUT2D eigenvalue weighted by atomic mass is 10.0. The minimum absolute atomic E-state index is 0.129. The number of nitrogens with two attached hydrogens (primary N) is 1. The number of H-pyrrole nitrogens is 1. The topological polar surface area (TPSA) is 104 Å². The fraction of sp³-hybridized carbons (Fsp3) is 0.190. The molecule has 1 aromatic carbocycles. The Labute approximate surface area is 162 Å². The number of benzene rings is 1. The van der Waals surface area contributed by atoms with Gasteiger partial charge in [-0.05, 0) is 36.6 Å². The molecule has 0 atom stereocenters. The summed E-state index contributed by atoms with van der Waals surface area (Å²) in [4.78, 5) is 33.5. The fourth-order valence-electron chi connectivity index (χ4n) is 3.39. The maximum absolute atomic E-state index is 12.2. The summed E-state index contributed by atoms with van der Waals surface area (Å²) >= 11 is 0. The highest BCUT2D eigenvalue weighted by Gasteiger charge is 2.18. The van der Waals surface area contributed by atoms with Crippen molar-refractivity contribution in [1.82, 2.24) is 14.9 Å². The Hall–Kier alpha value is -3.61. The summed E-state index contributed by atoms with van der Waals surface area (Å²) in [5.74, 6) is -0.0111. The van der Waals surface area contributed by atoms with Gasteiger partial charge in [-0.1, -0.05) is 30.3 Å². The predicted octanol–water partition coefficient (Wildman–Crippen LogP) is 3.22. The molecule has 1 fully saturated rings. The van der Waals surface area contributed by atoms with Gasteiger partial charge in [-0.3, -0.25) is 10.1 Å². The van der Waals surface area contributed by atoms with E-state index in [0.717, 1.165) is 42.4 Å². The lowest BCUT2D eigenvalue weighted by Crippen LogP contribution is -2.32. The summed E-state index contributed by atoms with van der Waals surface area (Å²) in [6, 6.07) is 12.8. The number of likely N-dealkylation sites (tertiary alicyclic amines) is 1. The molecule has 142 valence electrons. The number of primary amides is 1. The second-order valence-electron chi connectivity index (χ2n) is 6.75. The average molecular weight is 375 g/mol. The molecule has 1 aliphatic heterocycles. The molecule has 7 heteroatoms. The first kappa shape index (κ1) is 17.8. The predicted molar refractivity (Wildman–Crippen MR) is 109 cm³/mol. The molecule has 1 saturated heterocycles. The number of carbonyl (C=O) groups excluding carboxylic acids is 2. The van der Waals surface area contributed by atoms with Crippen LogP contribution in [0.2, 0.25) is 0 Å². The molecule has 0 unspecified atom stereocenters. The van der Waals surface area contributed by atoms with Gasteiger partial charge in [0.2, 0.25) is 5.91 Å². The molecule has 0 spiro atoms. The van der Waals surface area contributed by atoms with Gasteiger partial charge < -0.3 is 15.6 Å². The summed E-state index contributed by atoms with van der Waals surface area (Å²) in [6.45, 7) is 1.56. The molecule has 0 aliphatic carbocycles. The van der Waals surface area contributed by atoms with Crippen LogP contribution in [0.25, 0.3) is 22.7 Å². The Morgan fingerprint density at radius 3 is 2.57 bits per heavy atom. The van der Waals surface area contributed by atoms with Gasteiger partial charge in [0.1, 0.15) is 11.5 Å². The zero-order valence-corrected chi connectivity index (χ0v) is 15.3. The molecule has 0 bridgehead atoms. The third-order valence-corrected chi connectivity index (χ3v) is 4.85. The van der Waals surface area contributed by atoms with E-state index in [4.69, 9.17) is 5.73 Å². The molecule has 1 aliphatic rings. The highest BCUT2D eigenvalue weighted by Crippen LogP contribution is 2.24. The molecular weight excluding hydrogens is 354 g/mol. The first-order chi connectivity index (χ1) is 13.6. The molecule has 4 N–H and O–H groups in total. The molecule has 0 radical (unpaired) electrons. The van der Waals surface area contributed by atoms with Crippen LogP contribution < -0.4 is 11.1 Å². The van der Waals surface area contributed by atoms with Crippen molar-refractivity contribution in [3.8, 4) is 0 Å². The molecule has 0 saturated carbocycles. The van der Waals surface area contributed by atoms with E-state index in [-0.39, 0.29) is 6.03 Å². The minimum atomic E-state index is -0.497. The Bertz CT molecular complexity index is 1050. The zero-order valence-electron chi connectivity index (χ0n) is 15.3. The van der Waals surface area contributed by atoms with Gasteiger partial charge in [0.15, 0.2) is 0 Å². The normalized spacial score (nSPS) is 14.4. The number of anilines is 1.